The molecule has 0 saturated heterocycles. The van der Waals surface area contributed by atoms with E-state index in [0.717, 1.165) is 38.5 Å². The molecule has 0 aromatic carbocycles. The topological polar surface area (TPSA) is 69.6 Å². The lowest BCUT2D eigenvalue weighted by Gasteiger charge is -2.19. The van der Waals surface area contributed by atoms with Gasteiger partial charge in [0.15, 0.2) is 0 Å². The molecule has 0 aromatic rings. The van der Waals surface area contributed by atoms with Crippen molar-refractivity contribution in [2.45, 2.75) is 309 Å². The van der Waals surface area contributed by atoms with E-state index >= 15 is 0 Å². The first-order valence-corrected chi connectivity index (χ1v) is 27.2. The fraction of sp³-hybridized carbons (Fsp3) is 0.875. The van der Waals surface area contributed by atoms with Crippen molar-refractivity contribution in [3.8, 4) is 0 Å². The largest absolute Gasteiger partial charge is 0.394 e. The van der Waals surface area contributed by atoms with Crippen molar-refractivity contribution in [3.05, 3.63) is 36.5 Å². The fourth-order valence-corrected chi connectivity index (χ4v) is 8.57. The fourth-order valence-electron chi connectivity index (χ4n) is 8.57. The molecule has 60 heavy (non-hydrogen) atoms. The van der Waals surface area contributed by atoms with E-state index < -0.39 is 12.1 Å². The summed E-state index contributed by atoms with van der Waals surface area (Å²) in [5.41, 5.74) is 0. The summed E-state index contributed by atoms with van der Waals surface area (Å²) < 4.78 is 0. The summed E-state index contributed by atoms with van der Waals surface area (Å²) in [5, 5.41) is 22.9. The lowest BCUT2D eigenvalue weighted by Crippen LogP contribution is -2.45. The van der Waals surface area contributed by atoms with Crippen molar-refractivity contribution in [2.75, 3.05) is 6.61 Å². The van der Waals surface area contributed by atoms with Crippen molar-refractivity contribution in [1.29, 1.82) is 0 Å². The molecule has 0 aliphatic rings. The van der Waals surface area contributed by atoms with Crippen molar-refractivity contribution < 1.29 is 15.0 Å². The first kappa shape index (κ1) is 58.6. The highest BCUT2D eigenvalue weighted by Crippen LogP contribution is 2.18. The van der Waals surface area contributed by atoms with Crippen molar-refractivity contribution in [1.82, 2.24) is 5.32 Å². The molecular weight excluding hydrogens is 735 g/mol. The van der Waals surface area contributed by atoms with Gasteiger partial charge in [-0.05, 0) is 39.0 Å². The molecule has 0 heterocycles. The van der Waals surface area contributed by atoms with Crippen molar-refractivity contribution in [2.24, 2.45) is 0 Å². The number of carbonyl (C=O) groups is 1. The van der Waals surface area contributed by atoms with E-state index in [1.165, 1.54) is 238 Å². The maximum atomic E-state index is 12.4. The molecule has 0 rings (SSSR count). The zero-order valence-electron chi connectivity index (χ0n) is 40.7. The molecular formula is C56H107NO3. The van der Waals surface area contributed by atoms with E-state index in [1.54, 1.807) is 6.08 Å². The quantitative estimate of drug-likeness (QED) is 0.0422. The number of aliphatic hydroxyl groups excluding tert-OH is 2. The van der Waals surface area contributed by atoms with Crippen LogP contribution in [0.15, 0.2) is 36.5 Å². The molecule has 0 saturated carbocycles. The van der Waals surface area contributed by atoms with Gasteiger partial charge in [-0.2, -0.15) is 0 Å². The van der Waals surface area contributed by atoms with Gasteiger partial charge in [-0.3, -0.25) is 4.79 Å². The van der Waals surface area contributed by atoms with Crippen LogP contribution >= 0.6 is 0 Å². The van der Waals surface area contributed by atoms with Gasteiger partial charge in [0.2, 0.25) is 5.91 Å². The smallest absolute Gasteiger partial charge is 0.220 e. The minimum atomic E-state index is -0.866. The first-order chi connectivity index (χ1) is 29.7. The summed E-state index contributed by atoms with van der Waals surface area (Å²) in [5.74, 6) is -0.0768. The van der Waals surface area contributed by atoms with Crippen LogP contribution in [0.2, 0.25) is 0 Å². The number of allylic oxidation sites excluding steroid dienone is 5. The van der Waals surface area contributed by atoms with Gasteiger partial charge in [-0.1, -0.05) is 287 Å². The first-order valence-electron chi connectivity index (χ1n) is 27.2. The maximum absolute atomic E-state index is 12.4. The molecule has 0 fully saturated rings. The molecule has 0 bridgehead atoms. The molecule has 0 aromatic heterocycles. The van der Waals surface area contributed by atoms with E-state index in [4.69, 9.17) is 0 Å². The van der Waals surface area contributed by atoms with Gasteiger partial charge in [0.25, 0.3) is 0 Å². The van der Waals surface area contributed by atoms with E-state index in [1.807, 2.05) is 13.0 Å². The Morgan fingerprint density at radius 1 is 0.417 bits per heavy atom. The minimum Gasteiger partial charge on any atom is -0.394 e. The maximum Gasteiger partial charge on any atom is 0.220 e. The number of aliphatic hydroxyl groups is 2. The highest BCUT2D eigenvalue weighted by Gasteiger charge is 2.18. The lowest BCUT2D eigenvalue weighted by atomic mass is 10.0. The van der Waals surface area contributed by atoms with Crippen LogP contribution in [0.25, 0.3) is 0 Å². The van der Waals surface area contributed by atoms with Crippen LogP contribution < -0.4 is 5.32 Å². The molecule has 0 spiro atoms. The highest BCUT2D eigenvalue weighted by atomic mass is 16.3. The average molecular weight is 842 g/mol. The predicted octanol–water partition coefficient (Wildman–Crippen LogP) is 17.7. The van der Waals surface area contributed by atoms with E-state index in [9.17, 15) is 15.0 Å². The molecule has 0 aliphatic heterocycles. The summed E-state index contributed by atoms with van der Waals surface area (Å²) in [6.45, 7) is 4.08. The van der Waals surface area contributed by atoms with E-state index in [0.29, 0.717) is 6.42 Å². The van der Waals surface area contributed by atoms with Crippen LogP contribution in [0.1, 0.15) is 296 Å². The third kappa shape index (κ3) is 47.7. The second kappa shape index (κ2) is 52.0. The second-order valence-electron chi connectivity index (χ2n) is 18.7. The summed E-state index contributed by atoms with van der Waals surface area (Å²) in [7, 11) is 0. The van der Waals surface area contributed by atoms with Crippen molar-refractivity contribution in [3.63, 3.8) is 0 Å². The van der Waals surface area contributed by atoms with E-state index in [2.05, 4.69) is 36.5 Å². The SMILES string of the molecule is C/C=C/CC/C=C/CC/C=C/C(O)C(CO)NC(=O)CCCCCCCCCCCCCCCCCCCCCCCCCCCCCCCCCCCCCCCCC. The Morgan fingerprint density at radius 2 is 0.683 bits per heavy atom. The van der Waals surface area contributed by atoms with Crippen LogP contribution in [0.3, 0.4) is 0 Å². The van der Waals surface area contributed by atoms with Gasteiger partial charge in [0.05, 0.1) is 18.8 Å². The van der Waals surface area contributed by atoms with Gasteiger partial charge in [0, 0.05) is 6.42 Å². The Kier molecular flexibility index (Phi) is 50.8. The van der Waals surface area contributed by atoms with E-state index in [-0.39, 0.29) is 12.5 Å². The Balaban J connectivity index is 3.31. The third-order valence-corrected chi connectivity index (χ3v) is 12.7. The Hall–Kier alpha value is -1.39. The number of rotatable bonds is 50. The molecule has 2 unspecified atom stereocenters. The van der Waals surface area contributed by atoms with Gasteiger partial charge in [-0.15, -0.1) is 0 Å². The normalized spacial score (nSPS) is 13.1. The predicted molar refractivity (Wildman–Crippen MR) is 267 cm³/mol. The Morgan fingerprint density at radius 3 is 0.967 bits per heavy atom. The highest BCUT2D eigenvalue weighted by molar-refractivity contribution is 5.76. The molecule has 3 N–H and O–H groups in total. The summed E-state index contributed by atoms with van der Waals surface area (Å²) in [6.07, 6.45) is 70.7. The number of unbranched alkanes of at least 4 members (excludes halogenated alkanes) is 40. The van der Waals surface area contributed by atoms with Crippen LogP contribution in [0.5, 0.6) is 0 Å². The third-order valence-electron chi connectivity index (χ3n) is 12.7. The van der Waals surface area contributed by atoms with Gasteiger partial charge in [-0.25, -0.2) is 0 Å². The molecule has 354 valence electrons. The summed E-state index contributed by atoms with van der Waals surface area (Å²) in [4.78, 5) is 12.4. The van der Waals surface area contributed by atoms with Crippen LogP contribution in [-0.2, 0) is 4.79 Å². The Labute approximate surface area is 376 Å². The molecule has 4 heteroatoms. The molecule has 4 nitrogen and oxygen atoms in total. The van der Waals surface area contributed by atoms with Crippen LogP contribution in [0.4, 0.5) is 0 Å². The number of amides is 1. The molecule has 0 aliphatic carbocycles. The van der Waals surface area contributed by atoms with Crippen LogP contribution in [-0.4, -0.2) is 34.9 Å². The zero-order valence-corrected chi connectivity index (χ0v) is 40.7. The van der Waals surface area contributed by atoms with Crippen LogP contribution in [0, 0.1) is 0 Å². The summed E-state index contributed by atoms with van der Waals surface area (Å²) >= 11 is 0. The van der Waals surface area contributed by atoms with Gasteiger partial charge < -0.3 is 15.5 Å². The monoisotopic (exact) mass is 842 g/mol. The number of hydrogen-bond acceptors (Lipinski definition) is 3. The average Bonchev–Trinajstić information content (AvgIpc) is 3.25. The molecule has 0 radical (unpaired) electrons. The summed E-state index contributed by atoms with van der Waals surface area (Å²) in [6, 6.07) is -0.641. The Bertz CT molecular complexity index is 912. The minimum absolute atomic E-state index is 0.0768. The zero-order chi connectivity index (χ0) is 43.5. The molecule has 1 amide bonds. The number of hydrogen-bond donors (Lipinski definition) is 3. The van der Waals surface area contributed by atoms with Crippen molar-refractivity contribution >= 4 is 5.91 Å². The lowest BCUT2D eigenvalue weighted by molar-refractivity contribution is -0.123. The molecule has 2 atom stereocenters. The van der Waals surface area contributed by atoms with Gasteiger partial charge >= 0.3 is 0 Å². The van der Waals surface area contributed by atoms with Gasteiger partial charge in [0.1, 0.15) is 0 Å². The standard InChI is InChI=1S/C56H107NO3/c1-3-5-7-9-11-13-14-15-16-17-18-19-20-21-22-23-24-25-26-27-28-29-30-31-32-33-34-35-36-37-38-39-40-41-42-44-46-48-50-52-56(60)57-54(53-58)55(59)51-49-47-45-43-12-10-8-6-4-2/h4,6,12,43,49,51,54-55,58-59H,3,5,7-11,13-42,44-48,50,52-53H2,1-2H3,(H,57,60)/b6-4+,43-12+,51-49+. The second-order valence-corrected chi connectivity index (χ2v) is 18.7. The number of nitrogens with one attached hydrogen (secondary N) is 1. The number of carbonyl (C=O) groups excluding carboxylic acids is 1.